The van der Waals surface area contributed by atoms with E-state index in [1.807, 2.05) is 13.8 Å². The average Bonchev–Trinajstić information content (AvgIpc) is 2.36. The van der Waals surface area contributed by atoms with Gasteiger partial charge in [-0.05, 0) is 25.0 Å². The van der Waals surface area contributed by atoms with Crippen molar-refractivity contribution in [1.29, 1.82) is 0 Å². The number of carboxylic acids is 1. The van der Waals surface area contributed by atoms with E-state index in [1.165, 1.54) is 18.3 Å². The number of carboxylic acid groups (broad SMARTS) is 1. The van der Waals surface area contributed by atoms with E-state index in [9.17, 15) is 14.7 Å². The zero-order valence-electron chi connectivity index (χ0n) is 11.2. The van der Waals surface area contributed by atoms with Crippen LogP contribution in [0.1, 0.15) is 41.6 Å². The number of carbonyl (C=O) groups is 2. The Balaban J connectivity index is 2.66. The van der Waals surface area contributed by atoms with E-state index < -0.39 is 17.5 Å². The van der Waals surface area contributed by atoms with Crippen LogP contribution in [0.25, 0.3) is 0 Å². The fraction of sp³-hybridized carbons (Fsp3) is 0.462. The molecule has 1 heterocycles. The van der Waals surface area contributed by atoms with E-state index in [0.717, 1.165) is 0 Å². The van der Waals surface area contributed by atoms with Crippen LogP contribution in [-0.2, 0) is 0 Å². The summed E-state index contributed by atoms with van der Waals surface area (Å²) in [4.78, 5) is 26.1. The molecule has 0 saturated carbocycles. The first kappa shape index (κ1) is 15.1. The Morgan fingerprint density at radius 1 is 1.42 bits per heavy atom. The van der Waals surface area contributed by atoms with Crippen LogP contribution < -0.4 is 5.32 Å². The number of aliphatic hydroxyl groups is 1. The molecule has 1 aromatic heterocycles. The highest BCUT2D eigenvalue weighted by Crippen LogP contribution is 2.14. The number of hydrogen-bond donors (Lipinski definition) is 3. The van der Waals surface area contributed by atoms with Gasteiger partial charge in [0, 0.05) is 12.7 Å². The molecule has 1 rings (SSSR count). The molecule has 0 bridgehead atoms. The zero-order chi connectivity index (χ0) is 14.6. The van der Waals surface area contributed by atoms with Gasteiger partial charge in [0.15, 0.2) is 0 Å². The molecule has 1 amide bonds. The van der Waals surface area contributed by atoms with Crippen molar-refractivity contribution < 1.29 is 19.8 Å². The maximum absolute atomic E-state index is 11.8. The van der Waals surface area contributed by atoms with Crippen molar-refractivity contribution >= 4 is 11.9 Å². The van der Waals surface area contributed by atoms with Gasteiger partial charge in [0.1, 0.15) is 5.69 Å². The van der Waals surface area contributed by atoms with E-state index >= 15 is 0 Å². The molecule has 19 heavy (non-hydrogen) atoms. The first-order valence-corrected chi connectivity index (χ1v) is 5.94. The molecule has 3 N–H and O–H groups in total. The predicted molar refractivity (Wildman–Crippen MR) is 69.0 cm³/mol. The largest absolute Gasteiger partial charge is 0.477 e. The number of pyridine rings is 1. The normalized spacial score (nSPS) is 13.9. The van der Waals surface area contributed by atoms with Gasteiger partial charge in [-0.1, -0.05) is 13.8 Å². The molecule has 1 unspecified atom stereocenters. The molecule has 0 aliphatic carbocycles. The lowest BCUT2D eigenvalue weighted by molar-refractivity contribution is 0.0142. The number of nitrogens with one attached hydrogen (secondary N) is 1. The summed E-state index contributed by atoms with van der Waals surface area (Å²) in [6.45, 7) is 5.47. The molecule has 0 aliphatic heterocycles. The van der Waals surface area contributed by atoms with Gasteiger partial charge < -0.3 is 15.5 Å². The summed E-state index contributed by atoms with van der Waals surface area (Å²) < 4.78 is 0. The summed E-state index contributed by atoms with van der Waals surface area (Å²) in [5.41, 5.74) is -0.861. The third-order valence-electron chi connectivity index (χ3n) is 3.10. The third kappa shape index (κ3) is 4.03. The number of carbonyl (C=O) groups excluding carboxylic acids is 1. The number of hydrogen-bond acceptors (Lipinski definition) is 4. The number of rotatable bonds is 5. The first-order chi connectivity index (χ1) is 8.74. The quantitative estimate of drug-likeness (QED) is 0.735. The molecule has 1 atom stereocenters. The van der Waals surface area contributed by atoms with E-state index in [-0.39, 0.29) is 23.7 Å². The molecule has 6 nitrogen and oxygen atoms in total. The van der Waals surface area contributed by atoms with Gasteiger partial charge in [0.05, 0.1) is 11.2 Å². The van der Waals surface area contributed by atoms with Gasteiger partial charge in [-0.3, -0.25) is 4.79 Å². The molecule has 0 aromatic carbocycles. The zero-order valence-corrected chi connectivity index (χ0v) is 11.2. The minimum Gasteiger partial charge on any atom is -0.477 e. The Hall–Kier alpha value is -1.95. The lowest BCUT2D eigenvalue weighted by atomic mass is 9.92. The third-order valence-corrected chi connectivity index (χ3v) is 3.10. The lowest BCUT2D eigenvalue weighted by Crippen LogP contribution is -2.44. The van der Waals surface area contributed by atoms with E-state index in [2.05, 4.69) is 10.3 Å². The smallest absolute Gasteiger partial charge is 0.354 e. The fourth-order valence-corrected chi connectivity index (χ4v) is 1.22. The maximum Gasteiger partial charge on any atom is 0.354 e. The van der Waals surface area contributed by atoms with E-state index in [1.54, 1.807) is 6.92 Å². The van der Waals surface area contributed by atoms with Gasteiger partial charge in [-0.15, -0.1) is 0 Å². The molecule has 0 radical (unpaired) electrons. The van der Waals surface area contributed by atoms with Crippen LogP contribution >= 0.6 is 0 Å². The SMILES string of the molecule is CC(C)C(C)(O)CNC(=O)c1ccc(C(=O)O)nc1. The van der Waals surface area contributed by atoms with Crippen molar-refractivity contribution in [2.45, 2.75) is 26.4 Å². The minimum atomic E-state index is -1.14. The van der Waals surface area contributed by atoms with E-state index in [4.69, 9.17) is 5.11 Å². The van der Waals surface area contributed by atoms with Crippen molar-refractivity contribution in [2.75, 3.05) is 6.54 Å². The summed E-state index contributed by atoms with van der Waals surface area (Å²) >= 11 is 0. The van der Waals surface area contributed by atoms with Crippen LogP contribution in [0.4, 0.5) is 0 Å². The molecule has 0 saturated heterocycles. The van der Waals surface area contributed by atoms with Crippen LogP contribution in [-0.4, -0.2) is 39.2 Å². The van der Waals surface area contributed by atoms with Crippen LogP contribution in [0, 0.1) is 5.92 Å². The van der Waals surface area contributed by atoms with Crippen molar-refractivity contribution in [3.05, 3.63) is 29.6 Å². The molecule has 104 valence electrons. The average molecular weight is 266 g/mol. The van der Waals surface area contributed by atoms with Crippen molar-refractivity contribution in [3.8, 4) is 0 Å². The fourth-order valence-electron chi connectivity index (χ4n) is 1.22. The number of aromatic carboxylic acids is 1. The minimum absolute atomic E-state index is 0.000288. The summed E-state index contributed by atoms with van der Waals surface area (Å²) in [6, 6.07) is 2.65. The summed E-state index contributed by atoms with van der Waals surface area (Å²) in [6.07, 6.45) is 1.20. The lowest BCUT2D eigenvalue weighted by Gasteiger charge is -2.27. The second-order valence-electron chi connectivity index (χ2n) is 4.93. The van der Waals surface area contributed by atoms with Crippen LogP contribution in [0.2, 0.25) is 0 Å². The van der Waals surface area contributed by atoms with Gasteiger partial charge in [0.25, 0.3) is 5.91 Å². The predicted octanol–water partition coefficient (Wildman–Crippen LogP) is 0.917. The molecule has 0 spiro atoms. The molecule has 1 aromatic rings. The second kappa shape index (κ2) is 5.79. The highest BCUT2D eigenvalue weighted by atomic mass is 16.4. The monoisotopic (exact) mass is 266 g/mol. The Morgan fingerprint density at radius 2 is 2.05 bits per heavy atom. The summed E-state index contributed by atoms with van der Waals surface area (Å²) in [7, 11) is 0. The van der Waals surface area contributed by atoms with E-state index in [0.29, 0.717) is 0 Å². The van der Waals surface area contributed by atoms with Crippen molar-refractivity contribution in [2.24, 2.45) is 5.92 Å². The summed E-state index contributed by atoms with van der Waals surface area (Å²) in [5, 5.41) is 21.3. The van der Waals surface area contributed by atoms with Gasteiger partial charge >= 0.3 is 5.97 Å². The molecule has 6 heteroatoms. The Bertz CT molecular complexity index is 466. The topological polar surface area (TPSA) is 99.5 Å². The molecule has 0 fully saturated rings. The second-order valence-corrected chi connectivity index (χ2v) is 4.93. The standard InChI is InChI=1S/C13H18N2O4/c1-8(2)13(3,19)7-15-11(16)9-4-5-10(12(17)18)14-6-9/h4-6,8,19H,7H2,1-3H3,(H,15,16)(H,17,18). The Kier molecular flexibility index (Phi) is 4.61. The number of amides is 1. The van der Waals surface area contributed by atoms with Crippen LogP contribution in [0.15, 0.2) is 18.3 Å². The Morgan fingerprint density at radius 3 is 2.47 bits per heavy atom. The van der Waals surface area contributed by atoms with Crippen LogP contribution in [0.5, 0.6) is 0 Å². The highest BCUT2D eigenvalue weighted by molar-refractivity contribution is 5.94. The van der Waals surface area contributed by atoms with Crippen molar-refractivity contribution in [3.63, 3.8) is 0 Å². The van der Waals surface area contributed by atoms with Crippen molar-refractivity contribution in [1.82, 2.24) is 10.3 Å². The van der Waals surface area contributed by atoms with Gasteiger partial charge in [0.2, 0.25) is 0 Å². The van der Waals surface area contributed by atoms with Gasteiger partial charge in [-0.2, -0.15) is 0 Å². The maximum atomic E-state index is 11.8. The van der Waals surface area contributed by atoms with Crippen LogP contribution in [0.3, 0.4) is 0 Å². The van der Waals surface area contributed by atoms with Gasteiger partial charge in [-0.25, -0.2) is 9.78 Å². The number of nitrogens with zero attached hydrogens (tertiary/aromatic N) is 1. The Labute approximate surface area is 111 Å². The highest BCUT2D eigenvalue weighted by Gasteiger charge is 2.25. The number of aromatic nitrogens is 1. The molecule has 0 aliphatic rings. The molecular formula is C13H18N2O4. The molecular weight excluding hydrogens is 248 g/mol. The summed E-state index contributed by atoms with van der Waals surface area (Å²) in [5.74, 6) is -1.54. The first-order valence-electron chi connectivity index (χ1n) is 5.94.